The van der Waals surface area contributed by atoms with Gasteiger partial charge < -0.3 is 89.5 Å². The van der Waals surface area contributed by atoms with E-state index in [2.05, 4.69) is 13.8 Å². The van der Waals surface area contributed by atoms with E-state index in [0.29, 0.717) is 19.4 Å². The number of carbonyl (C=O) groups is 1. The van der Waals surface area contributed by atoms with Crippen LogP contribution in [0.5, 0.6) is 0 Å². The molecule has 2 aliphatic heterocycles. The third-order valence-corrected chi connectivity index (χ3v) is 15.7. The molecule has 18 atom stereocenters. The van der Waals surface area contributed by atoms with Crippen molar-refractivity contribution in [2.24, 2.45) is 0 Å². The summed E-state index contributed by atoms with van der Waals surface area (Å²) in [7, 11) is -5.53. The molecule has 0 aromatic rings. The molecule has 1 aliphatic carbocycles. The van der Waals surface area contributed by atoms with E-state index in [1.165, 1.54) is 109 Å². The summed E-state index contributed by atoms with van der Waals surface area (Å²) in [6, 6.07) is 0. The van der Waals surface area contributed by atoms with Crippen LogP contribution in [-0.4, -0.2) is 204 Å². The van der Waals surface area contributed by atoms with Crippen molar-refractivity contribution in [1.82, 2.24) is 0 Å². The van der Waals surface area contributed by atoms with Crippen LogP contribution in [0, 0.1) is 0 Å². The van der Waals surface area contributed by atoms with Gasteiger partial charge in [0.2, 0.25) is 0 Å². The normalized spacial score (nSPS) is 32.3. The Hall–Kier alpha value is -1.06. The topological polar surface area (TPSA) is 351 Å². The molecule has 2 saturated heterocycles. The van der Waals surface area contributed by atoms with E-state index < -0.39 is 138 Å². The predicted octanol–water partition coefficient (Wildman–Crippen LogP) is 3.85. The van der Waals surface area contributed by atoms with Crippen LogP contribution in [0.1, 0.15) is 194 Å². The Labute approximate surface area is 451 Å². The van der Waals surface area contributed by atoms with E-state index in [0.717, 1.165) is 51.4 Å². The number of phosphoric ester groups is 1. The zero-order chi connectivity index (χ0) is 55.9. The number of aliphatic hydroxyl groups excluding tert-OH is 11. The molecule has 10 unspecified atom stereocenters. The van der Waals surface area contributed by atoms with E-state index in [4.69, 9.17) is 37.5 Å². The van der Waals surface area contributed by atoms with Crippen LogP contribution in [0.15, 0.2) is 0 Å². The molecule has 450 valence electrons. The summed E-state index contributed by atoms with van der Waals surface area (Å²) in [6.45, 7) is 1.90. The van der Waals surface area contributed by atoms with E-state index in [1.54, 1.807) is 0 Å². The molecule has 3 fully saturated rings. The van der Waals surface area contributed by atoms with Crippen LogP contribution in [0.4, 0.5) is 0 Å². The summed E-state index contributed by atoms with van der Waals surface area (Å²) in [6.07, 6.45) is -2.96. The minimum Gasteiger partial charge on any atom is -0.457 e. The van der Waals surface area contributed by atoms with E-state index >= 15 is 0 Å². The molecule has 12 N–H and O–H groups in total. The van der Waals surface area contributed by atoms with Crippen LogP contribution in [0.2, 0.25) is 0 Å². The Morgan fingerprint density at radius 1 is 0.461 bits per heavy atom. The third kappa shape index (κ3) is 25.0. The lowest BCUT2D eigenvalue weighted by molar-refractivity contribution is -0.360. The zero-order valence-corrected chi connectivity index (χ0v) is 46.4. The van der Waals surface area contributed by atoms with Crippen molar-refractivity contribution in [3.8, 4) is 0 Å². The predicted molar refractivity (Wildman–Crippen MR) is 277 cm³/mol. The molecular formula is C53H101O22P. The van der Waals surface area contributed by atoms with Crippen molar-refractivity contribution < 1.29 is 108 Å². The SMILES string of the molecule is CCCCCCCCCCCCCCCCOC[C@H](COP(=O)(O)OC1C(O[C@@H]2OC(CO)[C@H](O)[C@H](O)C2O)C(O)C(O)[C@H](O)C1O[C@H]1OC(CO)[C@@H](O)C(O)[C@H]1O)OC(=O)CCCCCCCCCCCCCCC. The maximum Gasteiger partial charge on any atom is 0.472 e. The Morgan fingerprint density at radius 3 is 1.20 bits per heavy atom. The molecule has 0 aromatic heterocycles. The number of carbonyl (C=O) groups excluding carboxylic acids is 1. The first-order valence-electron chi connectivity index (χ1n) is 28.9. The average molecular weight is 1120 g/mol. The van der Waals surface area contributed by atoms with Crippen molar-refractivity contribution in [1.29, 1.82) is 0 Å². The van der Waals surface area contributed by atoms with Gasteiger partial charge >= 0.3 is 13.8 Å². The van der Waals surface area contributed by atoms with E-state index in [9.17, 15) is 70.4 Å². The van der Waals surface area contributed by atoms with Crippen molar-refractivity contribution in [3.63, 3.8) is 0 Å². The number of rotatable bonds is 43. The zero-order valence-electron chi connectivity index (χ0n) is 45.5. The first-order valence-corrected chi connectivity index (χ1v) is 30.4. The number of hydrogen-bond donors (Lipinski definition) is 12. The first kappa shape index (κ1) is 69.2. The van der Waals surface area contributed by atoms with E-state index in [-0.39, 0.29) is 13.0 Å². The second kappa shape index (κ2) is 39.4. The fraction of sp³-hybridized carbons (Fsp3) is 0.981. The number of hydrogen-bond acceptors (Lipinski definition) is 21. The minimum atomic E-state index is -5.53. The van der Waals surface area contributed by atoms with Crippen molar-refractivity contribution in [2.45, 2.75) is 298 Å². The maximum absolute atomic E-state index is 14.0. The highest BCUT2D eigenvalue weighted by Gasteiger charge is 2.58. The Morgan fingerprint density at radius 2 is 0.816 bits per heavy atom. The van der Waals surface area contributed by atoms with Gasteiger partial charge in [-0.3, -0.25) is 13.8 Å². The monoisotopic (exact) mass is 1120 g/mol. The molecule has 0 aromatic carbocycles. The van der Waals surface area contributed by atoms with Gasteiger partial charge in [0.25, 0.3) is 0 Å². The van der Waals surface area contributed by atoms with Crippen LogP contribution in [0.3, 0.4) is 0 Å². The fourth-order valence-electron chi connectivity index (χ4n) is 9.89. The first-order chi connectivity index (χ1) is 36.5. The Balaban J connectivity index is 1.69. The summed E-state index contributed by atoms with van der Waals surface area (Å²) in [4.78, 5) is 24.5. The Kier molecular flexibility index (Phi) is 35.9. The molecule has 23 heteroatoms. The quantitative estimate of drug-likeness (QED) is 0.0234. The largest absolute Gasteiger partial charge is 0.472 e. The van der Waals surface area contributed by atoms with E-state index in [1.807, 2.05) is 0 Å². The number of ether oxygens (including phenoxy) is 6. The number of phosphoric acid groups is 1. The molecule has 0 amide bonds. The molecule has 76 heavy (non-hydrogen) atoms. The molecule has 2 heterocycles. The minimum absolute atomic E-state index is 0.0641. The molecule has 1 saturated carbocycles. The lowest BCUT2D eigenvalue weighted by Crippen LogP contribution is -2.69. The van der Waals surface area contributed by atoms with Crippen LogP contribution < -0.4 is 0 Å². The Bertz CT molecular complexity index is 1470. The van der Waals surface area contributed by atoms with Gasteiger partial charge in [-0.15, -0.1) is 0 Å². The molecule has 0 radical (unpaired) electrons. The molecular weight excluding hydrogens is 1020 g/mol. The summed E-state index contributed by atoms with van der Waals surface area (Å²) in [5, 5.41) is 117. The van der Waals surface area contributed by atoms with Gasteiger partial charge in [-0.1, -0.05) is 174 Å². The highest BCUT2D eigenvalue weighted by Crippen LogP contribution is 2.49. The van der Waals surface area contributed by atoms with Gasteiger partial charge in [0.05, 0.1) is 26.4 Å². The summed E-state index contributed by atoms with van der Waals surface area (Å²) in [5.41, 5.74) is 0. The summed E-state index contributed by atoms with van der Waals surface area (Å²) < 4.78 is 58.8. The molecule has 0 bridgehead atoms. The second-order valence-electron chi connectivity index (χ2n) is 21.2. The standard InChI is InChI=1S/C53H101O22P/c1-3-5-7-9-11-13-15-17-19-21-23-25-27-29-31-68-34-36(70-39(56)30-28-26-24-22-20-18-16-14-12-10-8-6-4-2)35-69-76(66,67)75-51-49(73-52-47(64)42(59)40(57)37(32-54)71-52)45(62)44(61)46(63)50(51)74-53-48(65)43(60)41(58)38(33-55)72-53/h36-38,40-55,57-65H,3-35H2,1-2H3,(H,66,67)/t36-,37?,38?,40-,41+,42?,43+,44?,45+,46?,47-,48?,49?,50?,51?,52-,53+/m1/s1. The lowest BCUT2D eigenvalue weighted by Gasteiger charge is -2.49. The van der Waals surface area contributed by atoms with Crippen molar-refractivity contribution >= 4 is 13.8 Å². The average Bonchev–Trinajstić information content (AvgIpc) is 3.41. The van der Waals surface area contributed by atoms with Gasteiger partial charge in [-0.2, -0.15) is 0 Å². The van der Waals surface area contributed by atoms with Crippen LogP contribution in [0.25, 0.3) is 0 Å². The van der Waals surface area contributed by atoms with Gasteiger partial charge in [-0.05, 0) is 12.8 Å². The van der Waals surface area contributed by atoms with Gasteiger partial charge in [0.1, 0.15) is 91.6 Å². The van der Waals surface area contributed by atoms with Gasteiger partial charge in [0.15, 0.2) is 12.6 Å². The van der Waals surface area contributed by atoms with Crippen LogP contribution >= 0.6 is 7.82 Å². The van der Waals surface area contributed by atoms with Crippen molar-refractivity contribution in [3.05, 3.63) is 0 Å². The van der Waals surface area contributed by atoms with Gasteiger partial charge in [0, 0.05) is 13.0 Å². The fourth-order valence-corrected chi connectivity index (χ4v) is 10.9. The van der Waals surface area contributed by atoms with Crippen molar-refractivity contribution in [2.75, 3.05) is 33.0 Å². The number of unbranched alkanes of at least 4 members (excludes halogenated alkanes) is 25. The second-order valence-corrected chi connectivity index (χ2v) is 22.6. The molecule has 3 rings (SSSR count). The highest BCUT2D eigenvalue weighted by atomic mass is 31.2. The molecule has 3 aliphatic rings. The van der Waals surface area contributed by atoms with Crippen LogP contribution in [-0.2, 0) is 46.8 Å². The number of esters is 1. The number of aliphatic hydroxyl groups is 11. The molecule has 0 spiro atoms. The molecule has 22 nitrogen and oxygen atoms in total. The summed E-state index contributed by atoms with van der Waals surface area (Å²) >= 11 is 0. The smallest absolute Gasteiger partial charge is 0.457 e. The lowest BCUT2D eigenvalue weighted by atomic mass is 9.84. The highest BCUT2D eigenvalue weighted by molar-refractivity contribution is 7.47. The summed E-state index contributed by atoms with van der Waals surface area (Å²) in [5.74, 6) is -0.598. The maximum atomic E-state index is 14.0. The third-order valence-electron chi connectivity index (χ3n) is 14.7. The van der Waals surface area contributed by atoms with Gasteiger partial charge in [-0.25, -0.2) is 4.57 Å².